The molecule has 21 heavy (non-hydrogen) atoms. The molecule has 112 valence electrons. The monoisotopic (exact) mass is 366 g/mol. The third kappa shape index (κ3) is 3.11. The van der Waals surface area contributed by atoms with Gasteiger partial charge in [0.25, 0.3) is 0 Å². The van der Waals surface area contributed by atoms with E-state index >= 15 is 0 Å². The van der Waals surface area contributed by atoms with Gasteiger partial charge < -0.3 is 9.47 Å². The third-order valence-corrected chi connectivity index (χ3v) is 6.01. The predicted octanol–water partition coefficient (Wildman–Crippen LogP) is 5.20. The molecule has 0 saturated carbocycles. The molecule has 0 bridgehead atoms. The molecule has 1 aliphatic rings. The molecule has 1 aromatic carbocycles. The van der Waals surface area contributed by atoms with Crippen LogP contribution in [0, 0.1) is 5.92 Å². The maximum Gasteiger partial charge on any atom is 0.161 e. The van der Waals surface area contributed by atoms with Crippen molar-refractivity contribution in [2.45, 2.75) is 25.1 Å². The van der Waals surface area contributed by atoms with Gasteiger partial charge in [-0.15, -0.1) is 11.3 Å². The molecule has 0 aliphatic carbocycles. The fourth-order valence-electron chi connectivity index (χ4n) is 2.44. The highest BCUT2D eigenvalue weighted by Gasteiger charge is 2.20. The number of benzene rings is 1. The molecule has 2 unspecified atom stereocenters. The van der Waals surface area contributed by atoms with E-state index in [1.54, 1.807) is 11.3 Å². The average Bonchev–Trinajstić information content (AvgIpc) is 2.91. The Morgan fingerprint density at radius 1 is 1.24 bits per heavy atom. The van der Waals surface area contributed by atoms with Crippen molar-refractivity contribution >= 4 is 27.3 Å². The van der Waals surface area contributed by atoms with E-state index in [4.69, 9.17) is 9.47 Å². The molecular formula is C17H19BrO2S. The fourth-order valence-corrected chi connectivity index (χ4v) is 4.34. The summed E-state index contributed by atoms with van der Waals surface area (Å²) in [5, 5.41) is 2.16. The molecule has 2 atom stereocenters. The van der Waals surface area contributed by atoms with Gasteiger partial charge in [0.15, 0.2) is 11.5 Å². The van der Waals surface area contributed by atoms with Gasteiger partial charge in [-0.05, 0) is 41.1 Å². The molecule has 0 saturated heterocycles. The lowest BCUT2D eigenvalue weighted by molar-refractivity contribution is 0.228. The van der Waals surface area contributed by atoms with Crippen LogP contribution in [0.3, 0.4) is 0 Å². The summed E-state index contributed by atoms with van der Waals surface area (Å²) in [7, 11) is 0. The van der Waals surface area contributed by atoms with E-state index < -0.39 is 0 Å². The first-order valence-corrected chi connectivity index (χ1v) is 9.08. The number of alkyl halides is 1. The van der Waals surface area contributed by atoms with Crippen molar-refractivity contribution in [1.29, 1.82) is 0 Å². The maximum absolute atomic E-state index is 5.88. The van der Waals surface area contributed by atoms with Gasteiger partial charge in [-0.25, -0.2) is 0 Å². The Morgan fingerprint density at radius 2 is 2.00 bits per heavy atom. The highest BCUT2D eigenvalue weighted by molar-refractivity contribution is 9.09. The quantitative estimate of drug-likeness (QED) is 0.694. The Labute approximate surface area is 138 Å². The van der Waals surface area contributed by atoms with E-state index in [1.165, 1.54) is 16.0 Å². The lowest BCUT2D eigenvalue weighted by Crippen LogP contribution is -2.12. The summed E-state index contributed by atoms with van der Waals surface area (Å²) in [5.41, 5.74) is 2.62. The van der Waals surface area contributed by atoms with Crippen LogP contribution in [0.4, 0.5) is 0 Å². The summed E-state index contributed by atoms with van der Waals surface area (Å²) in [6.07, 6.45) is 1.06. The van der Waals surface area contributed by atoms with Gasteiger partial charge in [0.2, 0.25) is 0 Å². The molecule has 2 aromatic rings. The number of rotatable bonds is 3. The van der Waals surface area contributed by atoms with Crippen LogP contribution >= 0.6 is 27.3 Å². The second kappa shape index (κ2) is 6.41. The van der Waals surface area contributed by atoms with Crippen LogP contribution in [0.15, 0.2) is 29.6 Å². The molecule has 2 nitrogen and oxygen atoms in total. The lowest BCUT2D eigenvalue weighted by Gasteiger charge is -2.14. The second-order valence-corrected chi connectivity index (χ2v) is 7.32. The summed E-state index contributed by atoms with van der Waals surface area (Å²) >= 11 is 5.64. The minimum atomic E-state index is 0.210. The summed E-state index contributed by atoms with van der Waals surface area (Å²) in [4.78, 5) is 1.59. The van der Waals surface area contributed by atoms with Crippen LogP contribution in [0.25, 0.3) is 0 Å². The molecule has 2 heterocycles. The Balaban J connectivity index is 1.90. The van der Waals surface area contributed by atoms with Crippen molar-refractivity contribution in [3.63, 3.8) is 0 Å². The van der Waals surface area contributed by atoms with Crippen LogP contribution in [-0.2, 0) is 6.42 Å². The van der Waals surface area contributed by atoms with E-state index in [2.05, 4.69) is 53.4 Å². The largest absolute Gasteiger partial charge is 0.489 e. The number of hydrogen-bond donors (Lipinski definition) is 0. The Hall–Kier alpha value is -1.00. The SMILES string of the molecule is CCc1ccsc1C(Br)c1ccc2c(c1)OCC(C)CO2. The highest BCUT2D eigenvalue weighted by atomic mass is 79.9. The summed E-state index contributed by atoms with van der Waals surface area (Å²) in [5.74, 6) is 2.13. The summed E-state index contributed by atoms with van der Waals surface area (Å²) < 4.78 is 11.7. The molecule has 1 aromatic heterocycles. The molecule has 0 N–H and O–H groups in total. The van der Waals surface area contributed by atoms with Crippen LogP contribution in [0.2, 0.25) is 0 Å². The lowest BCUT2D eigenvalue weighted by atomic mass is 10.1. The number of ether oxygens (including phenoxy) is 2. The van der Waals surface area contributed by atoms with Gasteiger partial charge in [-0.2, -0.15) is 0 Å². The molecule has 0 spiro atoms. The number of halogens is 1. The normalized spacial score (nSPS) is 19.1. The molecule has 0 amide bonds. The Kier molecular flexibility index (Phi) is 4.55. The van der Waals surface area contributed by atoms with Crippen molar-refractivity contribution in [2.24, 2.45) is 5.92 Å². The number of hydrogen-bond acceptors (Lipinski definition) is 3. The van der Waals surface area contributed by atoms with Crippen molar-refractivity contribution in [2.75, 3.05) is 13.2 Å². The highest BCUT2D eigenvalue weighted by Crippen LogP contribution is 2.40. The number of aryl methyl sites for hydroxylation is 1. The van der Waals surface area contributed by atoms with E-state index in [9.17, 15) is 0 Å². The summed E-state index contributed by atoms with van der Waals surface area (Å²) in [6.45, 7) is 5.76. The van der Waals surface area contributed by atoms with Crippen LogP contribution < -0.4 is 9.47 Å². The van der Waals surface area contributed by atoms with Gasteiger partial charge in [0.1, 0.15) is 0 Å². The Bertz CT molecular complexity index is 623. The van der Waals surface area contributed by atoms with E-state index in [1.807, 2.05) is 6.07 Å². The molecular weight excluding hydrogens is 348 g/mol. The van der Waals surface area contributed by atoms with Gasteiger partial charge in [-0.3, -0.25) is 0 Å². The first-order valence-electron chi connectivity index (χ1n) is 7.29. The standard InChI is InChI=1S/C17H19BrO2S/c1-3-12-6-7-21-17(12)16(18)13-4-5-14-15(8-13)20-10-11(2)9-19-14/h4-8,11,16H,3,9-10H2,1-2H3. The molecule has 1 aliphatic heterocycles. The fraction of sp³-hybridized carbons (Fsp3) is 0.412. The van der Waals surface area contributed by atoms with Crippen molar-refractivity contribution < 1.29 is 9.47 Å². The zero-order valence-corrected chi connectivity index (χ0v) is 14.7. The van der Waals surface area contributed by atoms with E-state index in [0.29, 0.717) is 12.5 Å². The molecule has 0 fully saturated rings. The Morgan fingerprint density at radius 3 is 2.76 bits per heavy atom. The van der Waals surface area contributed by atoms with Gasteiger partial charge in [0.05, 0.1) is 18.0 Å². The third-order valence-electron chi connectivity index (χ3n) is 3.70. The topological polar surface area (TPSA) is 18.5 Å². The smallest absolute Gasteiger partial charge is 0.161 e. The van der Waals surface area contributed by atoms with Gasteiger partial charge >= 0.3 is 0 Å². The van der Waals surface area contributed by atoms with Crippen LogP contribution in [0.1, 0.15) is 34.7 Å². The zero-order chi connectivity index (χ0) is 14.8. The second-order valence-electron chi connectivity index (χ2n) is 5.46. The van der Waals surface area contributed by atoms with E-state index in [-0.39, 0.29) is 4.83 Å². The molecule has 3 rings (SSSR count). The van der Waals surface area contributed by atoms with Crippen LogP contribution in [-0.4, -0.2) is 13.2 Å². The molecule has 0 radical (unpaired) electrons. The van der Waals surface area contributed by atoms with Gasteiger partial charge in [0, 0.05) is 10.8 Å². The first-order chi connectivity index (χ1) is 10.2. The van der Waals surface area contributed by atoms with Crippen LogP contribution in [0.5, 0.6) is 11.5 Å². The first kappa shape index (κ1) is 14.9. The van der Waals surface area contributed by atoms with Crippen molar-refractivity contribution in [1.82, 2.24) is 0 Å². The minimum absolute atomic E-state index is 0.210. The van der Waals surface area contributed by atoms with Gasteiger partial charge in [-0.1, -0.05) is 35.8 Å². The molecule has 4 heteroatoms. The minimum Gasteiger partial charge on any atom is -0.489 e. The maximum atomic E-state index is 5.88. The number of thiophene rings is 1. The predicted molar refractivity (Wildman–Crippen MR) is 91.1 cm³/mol. The van der Waals surface area contributed by atoms with Crippen molar-refractivity contribution in [3.05, 3.63) is 45.6 Å². The summed E-state index contributed by atoms with van der Waals surface area (Å²) in [6, 6.07) is 8.46. The van der Waals surface area contributed by atoms with Crippen molar-refractivity contribution in [3.8, 4) is 11.5 Å². The number of fused-ring (bicyclic) bond motifs is 1. The average molecular weight is 367 g/mol. The van der Waals surface area contributed by atoms with E-state index in [0.717, 1.165) is 24.5 Å². The zero-order valence-electron chi connectivity index (χ0n) is 12.3.